The quantitative estimate of drug-likeness (QED) is 0.432. The number of aryl methyl sites for hydroxylation is 1. The van der Waals surface area contributed by atoms with E-state index in [2.05, 4.69) is 51.1 Å². The van der Waals surface area contributed by atoms with Crippen LogP contribution in [0.3, 0.4) is 0 Å². The average Bonchev–Trinajstić information content (AvgIpc) is 3.34. The second kappa shape index (κ2) is 9.15. The molecule has 0 aliphatic heterocycles. The first kappa shape index (κ1) is 25.2. The maximum absolute atomic E-state index is 13.1. The van der Waals surface area contributed by atoms with Crippen LogP contribution in [-0.4, -0.2) is 35.8 Å². The summed E-state index contributed by atoms with van der Waals surface area (Å²) >= 11 is 0. The molecule has 1 amide bonds. The molecule has 2 atom stereocenters. The van der Waals surface area contributed by atoms with Crippen molar-refractivity contribution in [3.05, 3.63) is 58.8 Å². The summed E-state index contributed by atoms with van der Waals surface area (Å²) in [4.78, 5) is 31.0. The molecule has 3 heterocycles. The largest absolute Gasteiger partial charge is 0.351 e. The van der Waals surface area contributed by atoms with Gasteiger partial charge in [-0.3, -0.25) is 18.6 Å². The summed E-state index contributed by atoms with van der Waals surface area (Å²) in [5.74, 6) is 0.187. The minimum atomic E-state index is -0.0318. The standard InChI is InChI=1S/C29H38N6O2/c1-28(2,3)18-34-23-12-11-21(31-26(23)33(6)27(34)37)19-13-14-29(4,5)24(15-19)32-25(36)17-35-22-10-8-7-9-20(22)16-30-35/h7-12,16,19,24H,13-15,17-18H2,1-6H3,(H,32,36). The normalized spacial score (nSPS) is 19.9. The predicted molar refractivity (Wildman–Crippen MR) is 146 cm³/mol. The van der Waals surface area contributed by atoms with E-state index in [0.717, 1.165) is 47.0 Å². The van der Waals surface area contributed by atoms with E-state index in [4.69, 9.17) is 4.98 Å². The average molecular weight is 503 g/mol. The molecular weight excluding hydrogens is 464 g/mol. The number of amides is 1. The third-order valence-electron chi connectivity index (χ3n) is 7.83. The predicted octanol–water partition coefficient (Wildman–Crippen LogP) is 4.61. The van der Waals surface area contributed by atoms with Gasteiger partial charge in [-0.05, 0) is 48.3 Å². The van der Waals surface area contributed by atoms with Crippen LogP contribution in [-0.2, 0) is 24.9 Å². The van der Waals surface area contributed by atoms with Gasteiger partial charge in [0.25, 0.3) is 0 Å². The van der Waals surface area contributed by atoms with E-state index < -0.39 is 0 Å². The van der Waals surface area contributed by atoms with Crippen molar-refractivity contribution in [3.8, 4) is 0 Å². The van der Waals surface area contributed by atoms with E-state index in [1.807, 2.05) is 34.9 Å². The first-order valence-corrected chi connectivity index (χ1v) is 13.2. The Kier molecular flexibility index (Phi) is 6.24. The number of rotatable bonds is 5. The van der Waals surface area contributed by atoms with Crippen molar-refractivity contribution in [1.82, 2.24) is 29.2 Å². The Morgan fingerprint density at radius 3 is 2.65 bits per heavy atom. The lowest BCUT2D eigenvalue weighted by atomic mass is 9.68. The summed E-state index contributed by atoms with van der Waals surface area (Å²) < 4.78 is 5.25. The summed E-state index contributed by atoms with van der Waals surface area (Å²) in [6.07, 6.45) is 4.59. The number of carbonyl (C=O) groups is 1. The van der Waals surface area contributed by atoms with Gasteiger partial charge >= 0.3 is 5.69 Å². The van der Waals surface area contributed by atoms with Crippen molar-refractivity contribution < 1.29 is 4.79 Å². The van der Waals surface area contributed by atoms with Gasteiger partial charge in [-0.2, -0.15) is 5.10 Å². The third kappa shape index (κ3) is 4.93. The number of pyridine rings is 1. The molecule has 1 aromatic carbocycles. The zero-order chi connectivity index (χ0) is 26.5. The maximum Gasteiger partial charge on any atom is 0.330 e. The number of hydrogen-bond donors (Lipinski definition) is 1. The lowest BCUT2D eigenvalue weighted by Gasteiger charge is -2.42. The van der Waals surface area contributed by atoms with Gasteiger partial charge in [0.15, 0.2) is 5.65 Å². The fraction of sp³-hybridized carbons (Fsp3) is 0.517. The fourth-order valence-corrected chi connectivity index (χ4v) is 5.64. The lowest BCUT2D eigenvalue weighted by Crippen LogP contribution is -2.49. The number of nitrogens with one attached hydrogen (secondary N) is 1. The first-order chi connectivity index (χ1) is 17.4. The van der Waals surface area contributed by atoms with Gasteiger partial charge in [0.1, 0.15) is 6.54 Å². The van der Waals surface area contributed by atoms with Gasteiger partial charge in [-0.1, -0.05) is 52.8 Å². The number of carbonyl (C=O) groups excluding carboxylic acids is 1. The molecule has 1 aliphatic carbocycles. The number of hydrogen-bond acceptors (Lipinski definition) is 4. The number of benzene rings is 1. The van der Waals surface area contributed by atoms with Crippen LogP contribution in [0.5, 0.6) is 0 Å². The molecule has 0 spiro atoms. The first-order valence-electron chi connectivity index (χ1n) is 13.2. The van der Waals surface area contributed by atoms with Gasteiger partial charge in [-0.15, -0.1) is 0 Å². The Balaban J connectivity index is 1.36. The minimum Gasteiger partial charge on any atom is -0.351 e. The van der Waals surface area contributed by atoms with Crippen LogP contribution in [0.4, 0.5) is 0 Å². The second-order valence-electron chi connectivity index (χ2n) is 12.5. The summed E-state index contributed by atoms with van der Waals surface area (Å²) in [5, 5.41) is 8.75. The lowest BCUT2D eigenvalue weighted by molar-refractivity contribution is -0.123. The van der Waals surface area contributed by atoms with E-state index >= 15 is 0 Å². The van der Waals surface area contributed by atoms with Gasteiger partial charge < -0.3 is 5.32 Å². The SMILES string of the molecule is Cn1c(=O)n(CC(C)(C)C)c2ccc(C3CCC(C)(C)C(NC(=O)Cn4ncc5ccccc54)C3)nc21. The van der Waals surface area contributed by atoms with E-state index in [1.54, 1.807) is 22.5 Å². The number of imidazole rings is 1. The summed E-state index contributed by atoms with van der Waals surface area (Å²) in [5.41, 5.74) is 3.48. The van der Waals surface area contributed by atoms with Gasteiger partial charge in [0, 0.05) is 36.6 Å². The molecule has 3 aromatic heterocycles. The second-order valence-corrected chi connectivity index (χ2v) is 12.5. The molecule has 0 bridgehead atoms. The summed E-state index contributed by atoms with van der Waals surface area (Å²) in [7, 11) is 1.80. The van der Waals surface area contributed by atoms with Crippen LogP contribution in [0.15, 0.2) is 47.4 Å². The molecule has 1 aliphatic rings. The Morgan fingerprint density at radius 1 is 1.14 bits per heavy atom. The topological polar surface area (TPSA) is 86.7 Å². The van der Waals surface area contributed by atoms with Crippen molar-refractivity contribution in [1.29, 1.82) is 0 Å². The molecule has 5 rings (SSSR count). The third-order valence-corrected chi connectivity index (χ3v) is 7.83. The summed E-state index contributed by atoms with van der Waals surface area (Å²) in [6.45, 7) is 11.7. The molecule has 4 aromatic rings. The highest BCUT2D eigenvalue weighted by atomic mass is 16.2. The summed E-state index contributed by atoms with van der Waals surface area (Å²) in [6, 6.07) is 12.1. The van der Waals surface area contributed by atoms with Crippen LogP contribution in [0.2, 0.25) is 0 Å². The van der Waals surface area contributed by atoms with E-state index in [0.29, 0.717) is 6.54 Å². The number of nitrogens with zero attached hydrogens (tertiary/aromatic N) is 5. The fourth-order valence-electron chi connectivity index (χ4n) is 5.64. The van der Waals surface area contributed by atoms with E-state index in [-0.39, 0.29) is 40.9 Å². The Morgan fingerprint density at radius 2 is 1.89 bits per heavy atom. The van der Waals surface area contributed by atoms with Gasteiger partial charge in [-0.25, -0.2) is 9.78 Å². The molecule has 37 heavy (non-hydrogen) atoms. The zero-order valence-electron chi connectivity index (χ0n) is 22.8. The van der Waals surface area contributed by atoms with Crippen molar-refractivity contribution in [3.63, 3.8) is 0 Å². The van der Waals surface area contributed by atoms with E-state index in [9.17, 15) is 9.59 Å². The van der Waals surface area contributed by atoms with Crippen molar-refractivity contribution in [2.45, 2.75) is 78.9 Å². The monoisotopic (exact) mass is 502 g/mol. The highest BCUT2D eigenvalue weighted by molar-refractivity contribution is 5.82. The van der Waals surface area contributed by atoms with Crippen LogP contribution in [0.25, 0.3) is 22.1 Å². The molecule has 2 unspecified atom stereocenters. The van der Waals surface area contributed by atoms with Crippen LogP contribution in [0, 0.1) is 10.8 Å². The molecule has 196 valence electrons. The van der Waals surface area contributed by atoms with E-state index in [1.165, 1.54) is 0 Å². The molecule has 1 fully saturated rings. The Labute approximate surface area is 217 Å². The van der Waals surface area contributed by atoms with Crippen LogP contribution in [0.1, 0.15) is 65.5 Å². The molecule has 1 saturated carbocycles. The number of fused-ring (bicyclic) bond motifs is 2. The van der Waals surface area contributed by atoms with Gasteiger partial charge in [0.05, 0.1) is 17.2 Å². The van der Waals surface area contributed by atoms with Gasteiger partial charge in [0.2, 0.25) is 5.91 Å². The smallest absolute Gasteiger partial charge is 0.330 e. The van der Waals surface area contributed by atoms with Crippen molar-refractivity contribution >= 4 is 28.0 Å². The molecule has 8 heteroatoms. The van der Waals surface area contributed by atoms with Crippen LogP contribution < -0.4 is 11.0 Å². The van der Waals surface area contributed by atoms with Crippen molar-refractivity contribution in [2.75, 3.05) is 0 Å². The maximum atomic E-state index is 13.1. The molecule has 1 N–H and O–H groups in total. The minimum absolute atomic E-state index is 0.0143. The number of para-hydroxylation sites is 1. The molecule has 0 radical (unpaired) electrons. The highest BCUT2D eigenvalue weighted by Gasteiger charge is 2.38. The van der Waals surface area contributed by atoms with Crippen molar-refractivity contribution in [2.24, 2.45) is 17.9 Å². The highest BCUT2D eigenvalue weighted by Crippen LogP contribution is 2.42. The Hall–Kier alpha value is -3.42. The molecule has 0 saturated heterocycles. The molecule has 8 nitrogen and oxygen atoms in total. The zero-order valence-corrected chi connectivity index (χ0v) is 22.8. The van der Waals surface area contributed by atoms with Crippen LogP contribution >= 0.6 is 0 Å². The molecular formula is C29H38N6O2. The Bertz CT molecular complexity index is 1520. The number of aromatic nitrogens is 5.